The molecule has 0 amide bonds. The Kier molecular flexibility index (Phi) is 4.48. The van der Waals surface area contributed by atoms with Gasteiger partial charge in [-0.25, -0.2) is 4.98 Å². The quantitative estimate of drug-likeness (QED) is 0.770. The molecule has 0 saturated carbocycles. The topological polar surface area (TPSA) is 22.1 Å². The number of thiazole rings is 1. The van der Waals surface area contributed by atoms with Gasteiger partial charge in [0.05, 0.1) is 7.11 Å². The van der Waals surface area contributed by atoms with Crippen molar-refractivity contribution >= 4 is 39.0 Å². The van der Waals surface area contributed by atoms with Crippen molar-refractivity contribution in [3.05, 3.63) is 39.3 Å². The minimum atomic E-state index is 0.888. The summed E-state index contributed by atoms with van der Waals surface area (Å²) in [5, 5.41) is 2.07. The van der Waals surface area contributed by atoms with Crippen LogP contribution in [0.4, 0.5) is 0 Å². The van der Waals surface area contributed by atoms with Gasteiger partial charge in [0.1, 0.15) is 10.1 Å². The molecule has 0 aliphatic carbocycles. The van der Waals surface area contributed by atoms with E-state index in [-0.39, 0.29) is 0 Å². The number of thioether (sulfide) groups is 1. The van der Waals surface area contributed by atoms with E-state index in [2.05, 4.69) is 32.4 Å². The number of halogens is 1. The Hall–Kier alpha value is -0.520. The summed E-state index contributed by atoms with van der Waals surface area (Å²) in [5.74, 6) is 1.78. The van der Waals surface area contributed by atoms with Gasteiger partial charge in [0.15, 0.2) is 0 Å². The summed E-state index contributed by atoms with van der Waals surface area (Å²) in [7, 11) is 1.68. The minimum Gasteiger partial charge on any atom is -0.497 e. The zero-order valence-electron chi connectivity index (χ0n) is 9.57. The van der Waals surface area contributed by atoms with Crippen molar-refractivity contribution in [1.29, 1.82) is 0 Å². The maximum absolute atomic E-state index is 5.22. The number of aryl methyl sites for hydroxylation is 1. The Bertz CT molecular complexity index is 513. The number of rotatable bonds is 4. The third-order valence-electron chi connectivity index (χ3n) is 2.20. The van der Waals surface area contributed by atoms with E-state index in [0.717, 1.165) is 26.0 Å². The summed E-state index contributed by atoms with van der Waals surface area (Å²) in [6.07, 6.45) is 0. The van der Waals surface area contributed by atoms with E-state index in [9.17, 15) is 0 Å². The molecular formula is C12H12BrNOS2. The Morgan fingerprint density at radius 1 is 1.47 bits per heavy atom. The van der Waals surface area contributed by atoms with Gasteiger partial charge in [0.2, 0.25) is 0 Å². The number of nitrogens with zero attached hydrogens (tertiary/aromatic N) is 1. The molecule has 1 aromatic heterocycles. The Morgan fingerprint density at radius 3 is 2.94 bits per heavy atom. The molecule has 1 aromatic carbocycles. The molecule has 0 N–H and O–H groups in total. The number of ether oxygens (including phenoxy) is 1. The van der Waals surface area contributed by atoms with E-state index in [0.29, 0.717) is 0 Å². The van der Waals surface area contributed by atoms with Gasteiger partial charge in [-0.2, -0.15) is 0 Å². The summed E-state index contributed by atoms with van der Waals surface area (Å²) in [4.78, 5) is 4.43. The first-order valence-electron chi connectivity index (χ1n) is 5.06. The van der Waals surface area contributed by atoms with Gasteiger partial charge in [-0.3, -0.25) is 0 Å². The second-order valence-electron chi connectivity index (χ2n) is 3.50. The highest BCUT2D eigenvalue weighted by atomic mass is 79.9. The van der Waals surface area contributed by atoms with Crippen molar-refractivity contribution in [2.45, 2.75) is 17.0 Å². The fourth-order valence-electron chi connectivity index (χ4n) is 1.33. The fourth-order valence-corrected chi connectivity index (χ4v) is 3.74. The normalized spacial score (nSPS) is 10.5. The maximum atomic E-state index is 5.22. The van der Waals surface area contributed by atoms with Crippen molar-refractivity contribution < 1.29 is 4.74 Å². The van der Waals surface area contributed by atoms with Crippen LogP contribution in [0.15, 0.2) is 32.4 Å². The van der Waals surface area contributed by atoms with Gasteiger partial charge in [0, 0.05) is 21.3 Å². The molecule has 0 unspecified atom stereocenters. The number of benzene rings is 1. The van der Waals surface area contributed by atoms with Gasteiger partial charge in [-0.15, -0.1) is 11.3 Å². The van der Waals surface area contributed by atoms with Gasteiger partial charge in [-0.1, -0.05) is 27.7 Å². The second-order valence-corrected chi connectivity index (χ2v) is 6.44. The lowest BCUT2D eigenvalue weighted by molar-refractivity contribution is 0.414. The molecule has 2 aromatic rings. The molecular weight excluding hydrogens is 318 g/mol. The Balaban J connectivity index is 2.07. The lowest BCUT2D eigenvalue weighted by atomic mass is 10.2. The van der Waals surface area contributed by atoms with Crippen LogP contribution in [0, 0.1) is 6.92 Å². The molecule has 0 atom stereocenters. The smallest absolute Gasteiger partial charge is 0.150 e. The van der Waals surface area contributed by atoms with Gasteiger partial charge < -0.3 is 4.74 Å². The highest BCUT2D eigenvalue weighted by Crippen LogP contribution is 2.30. The molecule has 0 bridgehead atoms. The average molecular weight is 330 g/mol. The molecule has 0 aliphatic heterocycles. The highest BCUT2D eigenvalue weighted by Gasteiger charge is 2.05. The van der Waals surface area contributed by atoms with Gasteiger partial charge in [-0.05, 0) is 30.7 Å². The molecule has 2 rings (SSSR count). The Labute approximate surface area is 118 Å². The first-order chi connectivity index (χ1) is 8.19. The van der Waals surface area contributed by atoms with Crippen LogP contribution in [0.1, 0.15) is 11.3 Å². The number of aromatic nitrogens is 1. The second kappa shape index (κ2) is 5.89. The number of hydrogen-bond donors (Lipinski definition) is 0. The summed E-state index contributed by atoms with van der Waals surface area (Å²) >= 11 is 6.99. The van der Waals surface area contributed by atoms with E-state index < -0.39 is 0 Å². The van der Waals surface area contributed by atoms with Crippen molar-refractivity contribution in [1.82, 2.24) is 4.98 Å². The van der Waals surface area contributed by atoms with Crippen molar-refractivity contribution in [3.63, 3.8) is 0 Å². The number of methoxy groups -OCH3 is 1. The largest absolute Gasteiger partial charge is 0.497 e. The van der Waals surface area contributed by atoms with Crippen molar-refractivity contribution in [2.75, 3.05) is 7.11 Å². The first kappa shape index (κ1) is 12.9. The molecule has 0 spiro atoms. The van der Waals surface area contributed by atoms with Crippen LogP contribution in [0.2, 0.25) is 0 Å². The van der Waals surface area contributed by atoms with Gasteiger partial charge >= 0.3 is 0 Å². The van der Waals surface area contributed by atoms with Crippen LogP contribution in [0.3, 0.4) is 0 Å². The summed E-state index contributed by atoms with van der Waals surface area (Å²) in [5.41, 5.74) is 2.31. The van der Waals surface area contributed by atoms with E-state index in [1.807, 2.05) is 19.1 Å². The SMILES string of the molecule is COc1ccc(Br)c(CSc2nc(C)cs2)c1. The highest BCUT2D eigenvalue weighted by molar-refractivity contribution is 9.10. The molecule has 2 nitrogen and oxygen atoms in total. The van der Waals surface area contributed by atoms with E-state index in [1.54, 1.807) is 30.2 Å². The lowest BCUT2D eigenvalue weighted by Gasteiger charge is -2.06. The molecule has 5 heteroatoms. The molecule has 0 fully saturated rings. The van der Waals surface area contributed by atoms with Crippen LogP contribution >= 0.6 is 39.0 Å². The minimum absolute atomic E-state index is 0.888. The van der Waals surface area contributed by atoms with Crippen molar-refractivity contribution in [2.24, 2.45) is 0 Å². The summed E-state index contributed by atoms with van der Waals surface area (Å²) in [6.45, 7) is 2.02. The Morgan fingerprint density at radius 2 is 2.29 bits per heavy atom. The maximum Gasteiger partial charge on any atom is 0.150 e. The molecule has 0 saturated heterocycles. The average Bonchev–Trinajstić information content (AvgIpc) is 2.74. The predicted molar refractivity (Wildman–Crippen MR) is 77.1 cm³/mol. The lowest BCUT2D eigenvalue weighted by Crippen LogP contribution is -1.87. The van der Waals surface area contributed by atoms with Crippen LogP contribution < -0.4 is 4.74 Å². The zero-order valence-corrected chi connectivity index (χ0v) is 12.8. The van der Waals surface area contributed by atoms with Crippen molar-refractivity contribution in [3.8, 4) is 5.75 Å². The standard InChI is InChI=1S/C12H12BrNOS2/c1-8-6-16-12(14-8)17-7-9-5-10(15-2)3-4-11(9)13/h3-6H,7H2,1-2H3. The number of hydrogen-bond acceptors (Lipinski definition) is 4. The molecule has 1 heterocycles. The fraction of sp³-hybridized carbons (Fsp3) is 0.250. The van der Waals surface area contributed by atoms with Crippen LogP contribution in [0.25, 0.3) is 0 Å². The van der Waals surface area contributed by atoms with Gasteiger partial charge in [0.25, 0.3) is 0 Å². The molecule has 0 aliphatic rings. The summed E-state index contributed by atoms with van der Waals surface area (Å²) in [6, 6.07) is 6.02. The third kappa shape index (κ3) is 3.47. The monoisotopic (exact) mass is 329 g/mol. The van der Waals surface area contributed by atoms with E-state index >= 15 is 0 Å². The molecule has 90 valence electrons. The summed E-state index contributed by atoms with van der Waals surface area (Å²) < 4.78 is 7.44. The van der Waals surface area contributed by atoms with Crippen LogP contribution in [-0.4, -0.2) is 12.1 Å². The predicted octanol–water partition coefficient (Wildman–Crippen LogP) is 4.51. The molecule has 17 heavy (non-hydrogen) atoms. The third-order valence-corrected chi connectivity index (χ3v) is 5.16. The first-order valence-corrected chi connectivity index (χ1v) is 7.72. The zero-order chi connectivity index (χ0) is 12.3. The van der Waals surface area contributed by atoms with E-state index in [4.69, 9.17) is 4.74 Å². The van der Waals surface area contributed by atoms with Crippen LogP contribution in [0.5, 0.6) is 5.75 Å². The van der Waals surface area contributed by atoms with Crippen LogP contribution in [-0.2, 0) is 5.75 Å². The van der Waals surface area contributed by atoms with E-state index in [1.165, 1.54) is 5.56 Å². The molecule has 0 radical (unpaired) electrons.